The van der Waals surface area contributed by atoms with E-state index < -0.39 is 5.67 Å². The van der Waals surface area contributed by atoms with E-state index in [4.69, 9.17) is 4.98 Å². The highest BCUT2D eigenvalue weighted by molar-refractivity contribution is 5.86. The van der Waals surface area contributed by atoms with Gasteiger partial charge < -0.3 is 4.57 Å². The third kappa shape index (κ3) is 3.33. The van der Waals surface area contributed by atoms with Gasteiger partial charge in [-0.2, -0.15) is 5.10 Å². The standard InChI is InChI=1S/C23H24FN5/c1-16-5-7-19(18-12-26-29(13-18)14-23(24)9-3-4-10-23)22(27-16)17-6-8-21-20(11-17)25-15-28(21)2/h5-8,11-13,15H,3-4,9-10,14H2,1-2H3. The minimum Gasteiger partial charge on any atom is -0.334 e. The molecule has 0 radical (unpaired) electrons. The second-order valence-corrected chi connectivity index (χ2v) is 8.19. The minimum absolute atomic E-state index is 0.321. The fraction of sp³-hybridized carbons (Fsp3) is 0.348. The van der Waals surface area contributed by atoms with Gasteiger partial charge in [-0.1, -0.05) is 25.0 Å². The Balaban J connectivity index is 1.54. The molecular weight excluding hydrogens is 365 g/mol. The van der Waals surface area contributed by atoms with Gasteiger partial charge in [0.2, 0.25) is 0 Å². The molecule has 0 aliphatic heterocycles. The molecule has 1 saturated carbocycles. The zero-order valence-electron chi connectivity index (χ0n) is 16.8. The Morgan fingerprint density at radius 2 is 1.93 bits per heavy atom. The van der Waals surface area contributed by atoms with Gasteiger partial charge in [0.1, 0.15) is 5.67 Å². The topological polar surface area (TPSA) is 48.5 Å². The molecule has 1 aliphatic rings. The average molecular weight is 389 g/mol. The lowest BCUT2D eigenvalue weighted by molar-refractivity contribution is 0.139. The average Bonchev–Trinajstić information content (AvgIpc) is 3.43. The van der Waals surface area contributed by atoms with Crippen LogP contribution in [-0.2, 0) is 13.6 Å². The van der Waals surface area contributed by atoms with Crippen LogP contribution in [0.25, 0.3) is 33.4 Å². The molecule has 29 heavy (non-hydrogen) atoms. The smallest absolute Gasteiger partial charge is 0.130 e. The van der Waals surface area contributed by atoms with E-state index in [1.165, 1.54) is 0 Å². The highest BCUT2D eigenvalue weighted by Gasteiger charge is 2.34. The van der Waals surface area contributed by atoms with Gasteiger partial charge in [-0.05, 0) is 38.0 Å². The monoisotopic (exact) mass is 389 g/mol. The molecule has 3 aromatic heterocycles. The van der Waals surface area contributed by atoms with Gasteiger partial charge in [0.05, 0.1) is 35.8 Å². The van der Waals surface area contributed by atoms with Crippen molar-refractivity contribution in [3.8, 4) is 22.4 Å². The van der Waals surface area contributed by atoms with E-state index in [-0.39, 0.29) is 0 Å². The summed E-state index contributed by atoms with van der Waals surface area (Å²) in [5.74, 6) is 0. The number of nitrogens with zero attached hydrogens (tertiary/aromatic N) is 5. The number of imidazole rings is 1. The highest BCUT2D eigenvalue weighted by atomic mass is 19.1. The summed E-state index contributed by atoms with van der Waals surface area (Å²) < 4.78 is 18.6. The van der Waals surface area contributed by atoms with Crippen molar-refractivity contribution in [2.45, 2.75) is 44.8 Å². The number of fused-ring (bicyclic) bond motifs is 1. The number of pyridine rings is 1. The number of aryl methyl sites for hydroxylation is 2. The van der Waals surface area contributed by atoms with Gasteiger partial charge in [-0.3, -0.25) is 9.67 Å². The summed E-state index contributed by atoms with van der Waals surface area (Å²) >= 11 is 0. The van der Waals surface area contributed by atoms with Gasteiger partial charge in [0.25, 0.3) is 0 Å². The molecule has 148 valence electrons. The van der Waals surface area contributed by atoms with E-state index in [1.54, 1.807) is 4.68 Å². The van der Waals surface area contributed by atoms with E-state index in [2.05, 4.69) is 34.3 Å². The summed E-state index contributed by atoms with van der Waals surface area (Å²) in [6.07, 6.45) is 8.76. The zero-order chi connectivity index (χ0) is 20.0. The summed E-state index contributed by atoms with van der Waals surface area (Å²) in [6, 6.07) is 10.3. The summed E-state index contributed by atoms with van der Waals surface area (Å²) in [7, 11) is 1.99. The third-order valence-electron chi connectivity index (χ3n) is 5.92. The molecule has 0 saturated heterocycles. The maximum atomic E-state index is 14.9. The number of rotatable bonds is 4. The molecule has 0 spiro atoms. The van der Waals surface area contributed by atoms with Crippen LogP contribution in [-0.4, -0.2) is 30.0 Å². The number of alkyl halides is 1. The van der Waals surface area contributed by atoms with Gasteiger partial charge >= 0.3 is 0 Å². The molecular formula is C23H24FN5. The van der Waals surface area contributed by atoms with E-state index in [1.807, 2.05) is 43.3 Å². The molecule has 3 heterocycles. The predicted molar refractivity (Wildman–Crippen MR) is 112 cm³/mol. The van der Waals surface area contributed by atoms with Crippen LogP contribution in [0.15, 0.2) is 49.1 Å². The first-order valence-corrected chi connectivity index (χ1v) is 10.1. The van der Waals surface area contributed by atoms with Crippen molar-refractivity contribution in [1.82, 2.24) is 24.3 Å². The van der Waals surface area contributed by atoms with Gasteiger partial charge in [-0.15, -0.1) is 0 Å². The Labute approximate surface area is 169 Å². The molecule has 1 aliphatic carbocycles. The van der Waals surface area contributed by atoms with Gasteiger partial charge in [0.15, 0.2) is 0 Å². The summed E-state index contributed by atoms with van der Waals surface area (Å²) in [5, 5.41) is 4.44. The van der Waals surface area contributed by atoms with Crippen LogP contribution in [0.3, 0.4) is 0 Å². The number of hydrogen-bond acceptors (Lipinski definition) is 3. The molecule has 0 bridgehead atoms. The third-order valence-corrected chi connectivity index (χ3v) is 5.92. The van der Waals surface area contributed by atoms with Crippen LogP contribution in [0, 0.1) is 6.92 Å². The number of hydrogen-bond donors (Lipinski definition) is 0. The molecule has 5 rings (SSSR count). The second-order valence-electron chi connectivity index (χ2n) is 8.19. The van der Waals surface area contributed by atoms with E-state index >= 15 is 0 Å². The van der Waals surface area contributed by atoms with Crippen LogP contribution in [0.4, 0.5) is 4.39 Å². The summed E-state index contributed by atoms with van der Waals surface area (Å²) in [6.45, 7) is 2.31. The fourth-order valence-electron chi connectivity index (χ4n) is 4.34. The van der Waals surface area contributed by atoms with Crippen LogP contribution in [0.5, 0.6) is 0 Å². The lowest BCUT2D eigenvalue weighted by atomic mass is 10.0. The van der Waals surface area contributed by atoms with Crippen molar-refractivity contribution in [3.05, 3.63) is 54.7 Å². The maximum absolute atomic E-state index is 14.9. The Hall–Kier alpha value is -3.02. The number of aromatic nitrogens is 5. The fourth-order valence-corrected chi connectivity index (χ4v) is 4.34. The molecule has 0 amide bonds. The highest BCUT2D eigenvalue weighted by Crippen LogP contribution is 2.36. The van der Waals surface area contributed by atoms with Crippen LogP contribution < -0.4 is 0 Å². The first-order valence-electron chi connectivity index (χ1n) is 10.1. The molecule has 6 heteroatoms. The van der Waals surface area contributed by atoms with E-state index in [0.29, 0.717) is 19.4 Å². The van der Waals surface area contributed by atoms with Crippen molar-refractivity contribution >= 4 is 11.0 Å². The molecule has 0 N–H and O–H groups in total. The minimum atomic E-state index is -1.12. The molecule has 5 nitrogen and oxygen atoms in total. The molecule has 1 aromatic carbocycles. The van der Waals surface area contributed by atoms with Gasteiger partial charge in [-0.25, -0.2) is 9.37 Å². The van der Waals surface area contributed by atoms with Gasteiger partial charge in [0, 0.05) is 35.6 Å². The largest absolute Gasteiger partial charge is 0.334 e. The number of halogens is 1. The Bertz CT molecular complexity index is 1180. The van der Waals surface area contributed by atoms with Crippen LogP contribution in [0.2, 0.25) is 0 Å². The van der Waals surface area contributed by atoms with Crippen LogP contribution >= 0.6 is 0 Å². The Morgan fingerprint density at radius 1 is 1.10 bits per heavy atom. The summed E-state index contributed by atoms with van der Waals surface area (Å²) in [5.41, 5.74) is 5.71. The SMILES string of the molecule is Cc1ccc(-c2cnn(CC3(F)CCCC3)c2)c(-c2ccc3c(c2)ncn3C)n1. The molecule has 0 atom stereocenters. The quantitative estimate of drug-likeness (QED) is 0.488. The predicted octanol–water partition coefficient (Wildman–Crippen LogP) is 5.09. The van der Waals surface area contributed by atoms with Crippen molar-refractivity contribution in [2.24, 2.45) is 7.05 Å². The Kier molecular flexibility index (Phi) is 4.23. The van der Waals surface area contributed by atoms with E-state index in [0.717, 1.165) is 52.0 Å². The van der Waals surface area contributed by atoms with Crippen molar-refractivity contribution in [1.29, 1.82) is 0 Å². The lowest BCUT2D eigenvalue weighted by Gasteiger charge is -2.18. The number of benzene rings is 1. The first kappa shape index (κ1) is 18.0. The van der Waals surface area contributed by atoms with Crippen molar-refractivity contribution < 1.29 is 4.39 Å². The van der Waals surface area contributed by atoms with Crippen molar-refractivity contribution in [2.75, 3.05) is 0 Å². The summed E-state index contributed by atoms with van der Waals surface area (Å²) in [4.78, 5) is 9.29. The van der Waals surface area contributed by atoms with Crippen LogP contribution in [0.1, 0.15) is 31.4 Å². The molecule has 1 fully saturated rings. The molecule has 4 aromatic rings. The molecule has 0 unspecified atom stereocenters. The Morgan fingerprint density at radius 3 is 2.76 bits per heavy atom. The second kappa shape index (κ2) is 6.79. The zero-order valence-corrected chi connectivity index (χ0v) is 16.8. The lowest BCUT2D eigenvalue weighted by Crippen LogP contribution is -2.25. The van der Waals surface area contributed by atoms with Crippen molar-refractivity contribution in [3.63, 3.8) is 0 Å². The normalized spacial score (nSPS) is 16.0. The van der Waals surface area contributed by atoms with E-state index in [9.17, 15) is 4.39 Å². The first-order chi connectivity index (χ1) is 14.0. The maximum Gasteiger partial charge on any atom is 0.130 e.